The van der Waals surface area contributed by atoms with E-state index in [2.05, 4.69) is 24.2 Å². The van der Waals surface area contributed by atoms with Gasteiger partial charge in [-0.05, 0) is 5.53 Å². The molecule has 20 heteroatoms. The number of rotatable bonds is 10. The van der Waals surface area contributed by atoms with Crippen molar-refractivity contribution in [3.8, 4) is 0 Å². The zero-order valence-corrected chi connectivity index (χ0v) is 19.3. The third kappa shape index (κ3) is 8.26. The van der Waals surface area contributed by atoms with E-state index < -0.39 is 77.0 Å². The molecular weight excluding hydrogens is 493 g/mol. The lowest BCUT2D eigenvalue weighted by atomic mass is 9.93. The number of phosphoric ester groups is 2. The molecule has 0 radical (unpaired) electrons. The molecule has 0 aromatic rings. The van der Waals surface area contributed by atoms with Gasteiger partial charge in [-0.3, -0.25) is 13.8 Å². The number of aliphatic hydroxyl groups is 3. The lowest BCUT2D eigenvalue weighted by molar-refractivity contribution is -0.197. The van der Waals surface area contributed by atoms with E-state index in [1.165, 1.54) is 7.85 Å². The summed E-state index contributed by atoms with van der Waals surface area (Å²) in [7, 11) is -9.26. The highest BCUT2D eigenvalue weighted by Gasteiger charge is 2.46. The number of aliphatic hydroxyl groups excluding tert-OH is 3. The van der Waals surface area contributed by atoms with Gasteiger partial charge in [0, 0.05) is 18.3 Å². The van der Waals surface area contributed by atoms with Crippen molar-refractivity contribution in [1.82, 2.24) is 5.32 Å². The molecule has 6 N–H and O–H groups in total. The Morgan fingerprint density at radius 1 is 1.24 bits per heavy atom. The predicted molar refractivity (Wildman–Crippen MR) is 108 cm³/mol. The Bertz CT molecular complexity index is 847. The third-order valence-corrected chi connectivity index (χ3v) is 7.30. The van der Waals surface area contributed by atoms with Crippen LogP contribution in [0.5, 0.6) is 0 Å². The van der Waals surface area contributed by atoms with Crippen molar-refractivity contribution in [1.29, 1.82) is 0 Å². The van der Waals surface area contributed by atoms with E-state index in [-0.39, 0.29) is 13.0 Å². The van der Waals surface area contributed by atoms with E-state index in [4.69, 9.17) is 19.5 Å². The van der Waals surface area contributed by atoms with Gasteiger partial charge in [-0.2, -0.15) is 4.31 Å². The molecule has 2 saturated heterocycles. The maximum absolute atomic E-state index is 12.3. The monoisotopic (exact) mass is 518 g/mol. The van der Waals surface area contributed by atoms with E-state index in [0.717, 1.165) is 6.92 Å². The number of hydrogen-bond donors (Lipinski definition) is 6. The summed E-state index contributed by atoms with van der Waals surface area (Å²) in [6.07, 6.45) is -8.25. The first-order valence-electron chi connectivity index (χ1n) is 9.57. The summed E-state index contributed by atoms with van der Waals surface area (Å²) in [5, 5.41) is 35.2. The average molecular weight is 518 g/mol. The van der Waals surface area contributed by atoms with Gasteiger partial charge in [0.05, 0.1) is 31.4 Å². The molecule has 10 atom stereocenters. The summed E-state index contributed by atoms with van der Waals surface area (Å²) >= 11 is 0. The van der Waals surface area contributed by atoms with Gasteiger partial charge in [-0.25, -0.2) is 9.13 Å². The summed E-state index contributed by atoms with van der Waals surface area (Å²) in [6.45, 7) is 0.0298. The molecule has 0 aromatic heterocycles. The van der Waals surface area contributed by atoms with Gasteiger partial charge in [0.2, 0.25) is 5.91 Å². The van der Waals surface area contributed by atoms with Crippen LogP contribution in [0.1, 0.15) is 13.3 Å². The second-order valence-corrected chi connectivity index (χ2v) is 10.3. The van der Waals surface area contributed by atoms with Gasteiger partial charge in [-0.1, -0.05) is 5.11 Å². The molecule has 2 aliphatic heterocycles. The van der Waals surface area contributed by atoms with Crippen LogP contribution in [0.2, 0.25) is 0 Å². The largest absolute Gasteiger partial charge is 0.483 e. The molecule has 0 aromatic carbocycles. The second kappa shape index (κ2) is 11.6. The molecule has 2 heterocycles. The number of carbonyl (C=O) groups excluding carboxylic acids is 1. The molecule has 33 heavy (non-hydrogen) atoms. The summed E-state index contributed by atoms with van der Waals surface area (Å²) in [4.78, 5) is 33.7. The molecule has 0 saturated carbocycles. The molecule has 2 rings (SSSR count). The first-order valence-corrected chi connectivity index (χ1v) is 12.6. The SMILES string of the molecule is B[C@@H]1O[C@H](COP(=O)(O)OP(=O)(O)OC2OC(CN=[N+]=[N-])CC(O)C2NC(C)=O)C(O)C1O. The lowest BCUT2D eigenvalue weighted by Gasteiger charge is -2.39. The summed E-state index contributed by atoms with van der Waals surface area (Å²) < 4.78 is 48.5. The Hall–Kier alpha value is -1.10. The fraction of sp³-hybridized carbons (Fsp3) is 0.923. The molecule has 0 bridgehead atoms. The number of amides is 1. The molecule has 188 valence electrons. The summed E-state index contributed by atoms with van der Waals surface area (Å²) in [5.41, 5.74) is 8.42. The zero-order chi connectivity index (χ0) is 25.0. The van der Waals surface area contributed by atoms with Crippen LogP contribution < -0.4 is 5.32 Å². The number of hydrogen-bond acceptors (Lipinski definition) is 12. The van der Waals surface area contributed by atoms with E-state index in [9.17, 15) is 39.0 Å². The highest BCUT2D eigenvalue weighted by molar-refractivity contribution is 7.61. The molecule has 0 aliphatic carbocycles. The van der Waals surface area contributed by atoms with Gasteiger partial charge in [-0.15, -0.1) is 0 Å². The van der Waals surface area contributed by atoms with Gasteiger partial charge in [0.15, 0.2) is 6.29 Å². The molecule has 2 fully saturated rings. The standard InChI is InChI=1S/C13H25BN4O13P2/c1-5(19)17-9-7(20)2-6(3-16-18-15)28-13(9)30-33(25,26)31-32(23,24)27-4-8-10(21)11(22)12(14)29-8/h6-13,20-22H,2-4,14H2,1H3,(H,17,19)(H,23,24)(H,25,26)/t6?,7?,8-,9?,10?,11?,12-,13?/m1/s1. The lowest BCUT2D eigenvalue weighted by Crippen LogP contribution is -2.57. The van der Waals surface area contributed by atoms with Crippen molar-refractivity contribution in [3.05, 3.63) is 10.4 Å². The van der Waals surface area contributed by atoms with Crippen molar-refractivity contribution < 1.29 is 61.9 Å². The number of phosphoric acid groups is 2. The smallest absolute Gasteiger partial charge is 0.391 e. The van der Waals surface area contributed by atoms with Crippen molar-refractivity contribution in [2.45, 2.75) is 62.2 Å². The van der Waals surface area contributed by atoms with Crippen LogP contribution in [0, 0.1) is 0 Å². The molecular formula is C13H25BN4O13P2. The van der Waals surface area contributed by atoms with E-state index >= 15 is 0 Å². The molecule has 1 amide bonds. The maximum Gasteiger partial charge on any atom is 0.483 e. The quantitative estimate of drug-likeness (QED) is 0.0581. The third-order valence-electron chi connectivity index (χ3n) is 4.70. The minimum atomic E-state index is -5.42. The highest BCUT2D eigenvalue weighted by atomic mass is 31.3. The van der Waals surface area contributed by atoms with Crippen molar-refractivity contribution in [3.63, 3.8) is 0 Å². The maximum atomic E-state index is 12.3. The Morgan fingerprint density at radius 2 is 1.91 bits per heavy atom. The highest BCUT2D eigenvalue weighted by Crippen LogP contribution is 2.61. The van der Waals surface area contributed by atoms with E-state index in [1.807, 2.05) is 0 Å². The molecule has 17 nitrogen and oxygen atoms in total. The van der Waals surface area contributed by atoms with Gasteiger partial charge >= 0.3 is 15.6 Å². The fourth-order valence-electron chi connectivity index (χ4n) is 3.21. The number of ether oxygens (including phenoxy) is 2. The Kier molecular flexibility index (Phi) is 9.86. The van der Waals surface area contributed by atoms with E-state index in [1.54, 1.807) is 0 Å². The second-order valence-electron chi connectivity index (χ2n) is 7.35. The molecule has 2 aliphatic rings. The van der Waals surface area contributed by atoms with Gasteiger partial charge < -0.3 is 39.9 Å². The van der Waals surface area contributed by atoms with Crippen LogP contribution in [0.4, 0.5) is 0 Å². The fourth-order valence-corrected chi connectivity index (χ4v) is 5.37. The zero-order valence-electron chi connectivity index (χ0n) is 17.5. The Balaban J connectivity index is 2.04. The Morgan fingerprint density at radius 3 is 2.45 bits per heavy atom. The normalized spacial score (nSPS) is 38.0. The van der Waals surface area contributed by atoms with Crippen LogP contribution >= 0.6 is 15.6 Å². The van der Waals surface area contributed by atoms with Crippen molar-refractivity contribution >= 4 is 29.4 Å². The predicted octanol–water partition coefficient (Wildman–Crippen LogP) is -2.39. The van der Waals surface area contributed by atoms with Crippen molar-refractivity contribution in [2.24, 2.45) is 5.11 Å². The topological polar surface area (TPSA) is 259 Å². The van der Waals surface area contributed by atoms with Gasteiger partial charge in [0.1, 0.15) is 32.2 Å². The Labute approximate surface area is 188 Å². The minimum Gasteiger partial charge on any atom is -0.391 e. The van der Waals surface area contributed by atoms with Gasteiger partial charge in [0.25, 0.3) is 0 Å². The summed E-state index contributed by atoms with van der Waals surface area (Å²) in [6, 6.07) is -2.17. The molecule has 0 spiro atoms. The van der Waals surface area contributed by atoms with Crippen LogP contribution in [-0.2, 0) is 36.8 Å². The number of nitrogens with zero attached hydrogens (tertiary/aromatic N) is 3. The summed E-state index contributed by atoms with van der Waals surface area (Å²) in [5.74, 6) is -0.652. The number of nitrogens with one attached hydrogen (secondary N) is 1. The number of azide groups is 1. The van der Waals surface area contributed by atoms with Crippen LogP contribution in [0.25, 0.3) is 10.4 Å². The minimum absolute atomic E-state index is 0.129. The first-order chi connectivity index (χ1) is 15.2. The number of carbonyl (C=O) groups is 1. The van der Waals surface area contributed by atoms with E-state index in [0.29, 0.717) is 0 Å². The van der Waals surface area contributed by atoms with Crippen molar-refractivity contribution in [2.75, 3.05) is 13.2 Å². The average Bonchev–Trinajstić information content (AvgIpc) is 2.93. The van der Waals surface area contributed by atoms with Crippen LogP contribution in [0.15, 0.2) is 5.11 Å². The first kappa shape index (κ1) is 28.1. The molecule has 8 unspecified atom stereocenters. The van der Waals surface area contributed by atoms with Crippen LogP contribution in [0.3, 0.4) is 0 Å². The van der Waals surface area contributed by atoms with Crippen LogP contribution in [-0.4, -0.2) is 101 Å².